The molecule has 1 spiro atoms. The summed E-state index contributed by atoms with van der Waals surface area (Å²) in [7, 11) is 1.27. The van der Waals surface area contributed by atoms with Crippen molar-refractivity contribution >= 4 is 28.0 Å². The first-order chi connectivity index (χ1) is 19.3. The van der Waals surface area contributed by atoms with Crippen LogP contribution in [0.15, 0.2) is 30.3 Å². The van der Waals surface area contributed by atoms with Gasteiger partial charge >= 0.3 is 0 Å². The summed E-state index contributed by atoms with van der Waals surface area (Å²) < 4.78 is 52.6. The van der Waals surface area contributed by atoms with Gasteiger partial charge in [-0.2, -0.15) is 0 Å². The number of carbonyl (C=O) groups excluding carboxylic acids is 1. The lowest BCUT2D eigenvalue weighted by Crippen LogP contribution is -2.50. The third-order valence-electron chi connectivity index (χ3n) is 7.64. The fourth-order valence-electron chi connectivity index (χ4n) is 5.31. The van der Waals surface area contributed by atoms with Crippen molar-refractivity contribution in [3.63, 3.8) is 0 Å². The van der Waals surface area contributed by atoms with Gasteiger partial charge in [-0.3, -0.25) is 4.79 Å². The van der Waals surface area contributed by atoms with Crippen molar-refractivity contribution in [2.45, 2.75) is 82.7 Å². The third-order valence-corrected chi connectivity index (χ3v) is 8.80. The number of halogens is 1. The Labute approximate surface area is 242 Å². The Kier molecular flexibility index (Phi) is 9.50. The topological polar surface area (TPSA) is 102 Å². The Bertz CT molecular complexity index is 1370. The van der Waals surface area contributed by atoms with Crippen LogP contribution in [0.4, 0.5) is 10.3 Å². The first kappa shape index (κ1) is 31.1. The van der Waals surface area contributed by atoms with E-state index in [2.05, 4.69) is 9.97 Å². The van der Waals surface area contributed by atoms with Crippen LogP contribution in [0.2, 0.25) is 0 Å². The number of amides is 1. The maximum absolute atomic E-state index is 13.8. The van der Waals surface area contributed by atoms with E-state index >= 15 is 0 Å². The molecule has 2 aliphatic rings. The molecule has 2 heterocycles. The summed E-state index contributed by atoms with van der Waals surface area (Å²) in [5.41, 5.74) is 2.47. The number of rotatable bonds is 8. The molecular weight excluding hydrogens is 547 g/mol. The molecule has 224 valence electrons. The largest absolute Gasteiger partial charge is 0.349 e. The van der Waals surface area contributed by atoms with Crippen molar-refractivity contribution in [3.05, 3.63) is 47.4 Å². The molecule has 1 aromatic heterocycles. The maximum atomic E-state index is 13.8. The summed E-state index contributed by atoms with van der Waals surface area (Å²) in [4.78, 5) is 23.5. The lowest BCUT2D eigenvalue weighted by Gasteiger charge is -2.46. The highest BCUT2D eigenvalue weighted by Gasteiger charge is 2.43. The molecule has 1 saturated heterocycles. The summed E-state index contributed by atoms with van der Waals surface area (Å²) in [6.45, 7) is 3.95. The van der Waals surface area contributed by atoms with Gasteiger partial charge in [-0.1, -0.05) is 32.4 Å². The molecule has 2 fully saturated rings. The van der Waals surface area contributed by atoms with Crippen molar-refractivity contribution in [3.8, 4) is 11.3 Å². The normalized spacial score (nSPS) is 21.0. The van der Waals surface area contributed by atoms with Gasteiger partial charge in [-0.15, -0.1) is 0 Å². The van der Waals surface area contributed by atoms with E-state index in [-0.39, 0.29) is 42.2 Å². The van der Waals surface area contributed by atoms with Crippen molar-refractivity contribution < 1.29 is 27.1 Å². The molecule has 1 aliphatic carbocycles. The van der Waals surface area contributed by atoms with Crippen molar-refractivity contribution in [1.29, 1.82) is 0 Å². The zero-order valence-electron chi connectivity index (χ0n) is 24.8. The van der Waals surface area contributed by atoms with E-state index in [4.69, 9.17) is 9.47 Å². The monoisotopic (exact) mass is 588 g/mol. The molecule has 0 radical (unpaired) electrons. The Hall–Kier alpha value is -2.89. The Morgan fingerprint density at radius 2 is 1.76 bits per heavy atom. The summed E-state index contributed by atoms with van der Waals surface area (Å²) in [5.74, 6) is -1.13. The van der Waals surface area contributed by atoms with Gasteiger partial charge < -0.3 is 14.4 Å². The average molecular weight is 589 g/mol. The predicted molar refractivity (Wildman–Crippen MR) is 157 cm³/mol. The van der Waals surface area contributed by atoms with Crippen molar-refractivity contribution in [1.82, 2.24) is 14.9 Å². The lowest BCUT2D eigenvalue weighted by atomic mass is 9.91. The fourth-order valence-corrected chi connectivity index (χ4v) is 5.69. The number of anilines is 1. The first-order valence-electron chi connectivity index (χ1n) is 14.1. The van der Waals surface area contributed by atoms with Gasteiger partial charge in [0.1, 0.15) is 5.82 Å². The van der Waals surface area contributed by atoms with Crippen LogP contribution in [0.1, 0.15) is 76.0 Å². The number of hydrogen-bond acceptors (Lipinski definition) is 7. The summed E-state index contributed by atoms with van der Waals surface area (Å²) in [6.07, 6.45) is 9.83. The van der Waals surface area contributed by atoms with Crippen molar-refractivity contribution in [2.75, 3.05) is 31.7 Å². The molecule has 1 aliphatic heterocycles. The second-order valence-corrected chi connectivity index (χ2v) is 13.5. The molecule has 0 bridgehead atoms. The zero-order chi connectivity index (χ0) is 29.9. The number of carbonyl (C=O) groups is 1. The van der Waals surface area contributed by atoms with Gasteiger partial charge in [0.25, 0.3) is 0 Å². The Morgan fingerprint density at radius 1 is 1.10 bits per heavy atom. The fraction of sp³-hybridized carbons (Fsp3) is 0.567. The van der Waals surface area contributed by atoms with E-state index < -0.39 is 15.8 Å². The maximum Gasteiger partial charge on any atom is 0.239 e. The Balaban J connectivity index is 1.77. The van der Waals surface area contributed by atoms with Gasteiger partial charge in [-0.05, 0) is 43.0 Å². The van der Waals surface area contributed by atoms with Crippen LogP contribution in [-0.2, 0) is 24.3 Å². The van der Waals surface area contributed by atoms with Crippen molar-refractivity contribution in [2.24, 2.45) is 0 Å². The highest BCUT2D eigenvalue weighted by atomic mass is 32.2. The molecule has 4 rings (SSSR count). The van der Waals surface area contributed by atoms with Crippen LogP contribution in [0.3, 0.4) is 0 Å². The van der Waals surface area contributed by atoms with Gasteiger partial charge in [-0.25, -0.2) is 27.1 Å². The quantitative estimate of drug-likeness (QED) is 0.421. The number of ether oxygens (including phenoxy) is 2. The highest BCUT2D eigenvalue weighted by Crippen LogP contribution is 2.41. The number of aromatic nitrogens is 2. The zero-order valence-corrected chi connectivity index (χ0v) is 25.6. The molecule has 0 N–H and O–H groups in total. The first-order valence-corrected chi connectivity index (χ1v) is 16.0. The molecule has 1 aromatic carbocycles. The second kappa shape index (κ2) is 12.5. The van der Waals surface area contributed by atoms with Gasteiger partial charge in [0.05, 0.1) is 36.3 Å². The number of hydrogen-bond donors (Lipinski definition) is 0. The molecule has 1 amide bonds. The van der Waals surface area contributed by atoms with E-state index in [1.807, 2.05) is 26.0 Å². The smallest absolute Gasteiger partial charge is 0.239 e. The highest BCUT2D eigenvalue weighted by molar-refractivity contribution is 7.92. The average Bonchev–Trinajstić information content (AvgIpc) is 2.91. The van der Waals surface area contributed by atoms with E-state index in [1.54, 1.807) is 31.1 Å². The minimum Gasteiger partial charge on any atom is -0.349 e. The molecule has 9 nitrogen and oxygen atoms in total. The number of benzene rings is 1. The minimum absolute atomic E-state index is 0.00487. The molecule has 11 heteroatoms. The third kappa shape index (κ3) is 7.50. The van der Waals surface area contributed by atoms with E-state index in [0.29, 0.717) is 28.9 Å². The molecular formula is C30H41FN4O5S. The summed E-state index contributed by atoms with van der Waals surface area (Å²) in [6, 6.07) is 5.93. The molecule has 41 heavy (non-hydrogen) atoms. The van der Waals surface area contributed by atoms with Gasteiger partial charge in [0.2, 0.25) is 21.9 Å². The van der Waals surface area contributed by atoms with E-state index in [0.717, 1.165) is 42.7 Å². The minimum atomic E-state index is -3.62. The van der Waals surface area contributed by atoms with Gasteiger partial charge in [0.15, 0.2) is 5.79 Å². The number of nitrogens with zero attached hydrogens (tertiary/aromatic N) is 4. The molecule has 0 unspecified atom stereocenters. The van der Waals surface area contributed by atoms with Crippen LogP contribution in [0.5, 0.6) is 0 Å². The Morgan fingerprint density at radius 3 is 2.34 bits per heavy atom. The van der Waals surface area contributed by atoms with E-state index in [1.165, 1.54) is 19.2 Å². The lowest BCUT2D eigenvalue weighted by molar-refractivity contribution is -0.320. The number of sulfonamides is 1. The molecule has 1 saturated carbocycles. The second-order valence-electron chi connectivity index (χ2n) is 11.5. The van der Waals surface area contributed by atoms with E-state index in [9.17, 15) is 17.6 Å². The predicted octanol–water partition coefficient (Wildman–Crippen LogP) is 5.13. The standard InChI is InChI=1S/C30H41FN4O5S/c1-20(2)27-25(28(21-10-12-22(31)13-11-21)33-29(32-27)35(5)41(6,37)38)15-14-23-18-24(19-26(36)34(3)4)40-30(39-23)16-8-7-9-17-30/h10-15,20,23-24H,7-9,16-19H2,1-6H3/b15-14+/t23-,24-/m1/s1. The van der Waals surface area contributed by atoms with Crippen LogP contribution in [-0.4, -0.2) is 74.6 Å². The summed E-state index contributed by atoms with van der Waals surface area (Å²) >= 11 is 0. The van der Waals surface area contributed by atoms with Crippen LogP contribution >= 0.6 is 0 Å². The van der Waals surface area contributed by atoms with Crippen LogP contribution in [0.25, 0.3) is 17.3 Å². The molecule has 2 aromatic rings. The summed E-state index contributed by atoms with van der Waals surface area (Å²) in [5, 5.41) is 0. The van der Waals surface area contributed by atoms with Crippen LogP contribution in [0, 0.1) is 5.82 Å². The van der Waals surface area contributed by atoms with Gasteiger partial charge in [0, 0.05) is 51.5 Å². The SMILES string of the molecule is CC(C)c1nc(N(C)S(C)(=O)=O)nc(-c2ccc(F)cc2)c1/C=C/[C@@H]1C[C@H](CC(=O)N(C)C)OC2(CCCCC2)O1. The molecule has 2 atom stereocenters. The van der Waals surface area contributed by atoms with Crippen LogP contribution < -0.4 is 4.31 Å².